The molecule has 1 atom stereocenters. The number of ether oxygens (including phenoxy) is 2. The maximum absolute atomic E-state index is 12.6. The number of amides is 1. The number of aryl methyl sites for hydroxylation is 1. The number of carbonyl (C=O) groups excluding carboxylic acids is 1. The van der Waals surface area contributed by atoms with E-state index in [1.165, 1.54) is 4.31 Å². The van der Waals surface area contributed by atoms with Crippen molar-refractivity contribution in [3.8, 4) is 11.5 Å². The molecule has 162 valence electrons. The Morgan fingerprint density at radius 1 is 1.27 bits per heavy atom. The number of anilines is 1. The highest BCUT2D eigenvalue weighted by molar-refractivity contribution is 7.92. The van der Waals surface area contributed by atoms with Gasteiger partial charge in [-0.1, -0.05) is 38.1 Å². The normalized spacial score (nSPS) is 16.0. The maximum Gasteiger partial charge on any atom is 0.263 e. The number of nitrogens with zero attached hydrogens (tertiary/aromatic N) is 1. The molecule has 1 aliphatic heterocycles. The van der Waals surface area contributed by atoms with Gasteiger partial charge in [-0.2, -0.15) is 0 Å². The second kappa shape index (κ2) is 8.95. The van der Waals surface area contributed by atoms with Gasteiger partial charge in [0.15, 0.2) is 6.10 Å². The van der Waals surface area contributed by atoms with E-state index in [0.717, 1.165) is 23.1 Å². The van der Waals surface area contributed by atoms with Crippen LogP contribution in [0.25, 0.3) is 0 Å². The molecule has 0 radical (unpaired) electrons. The Labute approximate surface area is 178 Å². The molecule has 0 saturated carbocycles. The van der Waals surface area contributed by atoms with Gasteiger partial charge in [-0.05, 0) is 42.2 Å². The number of benzene rings is 2. The second-order valence-corrected chi connectivity index (χ2v) is 9.61. The van der Waals surface area contributed by atoms with Crippen LogP contribution in [0.1, 0.15) is 30.9 Å². The molecule has 30 heavy (non-hydrogen) atoms. The van der Waals surface area contributed by atoms with Crippen LogP contribution in [0, 0.1) is 6.92 Å². The van der Waals surface area contributed by atoms with Gasteiger partial charge >= 0.3 is 0 Å². The first-order valence-corrected chi connectivity index (χ1v) is 11.8. The lowest BCUT2D eigenvalue weighted by Crippen LogP contribution is -2.51. The largest absolute Gasteiger partial charge is 0.491 e. The Bertz CT molecular complexity index is 1020. The van der Waals surface area contributed by atoms with Crippen LogP contribution in [0.4, 0.5) is 5.69 Å². The van der Waals surface area contributed by atoms with Crippen LogP contribution in [-0.2, 0) is 14.8 Å². The molecule has 0 spiro atoms. The predicted molar refractivity (Wildman–Crippen MR) is 117 cm³/mol. The van der Waals surface area contributed by atoms with Gasteiger partial charge in [-0.25, -0.2) is 8.42 Å². The van der Waals surface area contributed by atoms with Gasteiger partial charge in [-0.15, -0.1) is 0 Å². The molecule has 1 amide bonds. The van der Waals surface area contributed by atoms with Crippen LogP contribution >= 0.6 is 0 Å². The van der Waals surface area contributed by atoms with Gasteiger partial charge in [-0.3, -0.25) is 9.10 Å². The van der Waals surface area contributed by atoms with E-state index in [1.54, 1.807) is 12.1 Å². The summed E-state index contributed by atoms with van der Waals surface area (Å²) in [5.41, 5.74) is 2.47. The third-order valence-corrected chi connectivity index (χ3v) is 6.02. The van der Waals surface area contributed by atoms with Crippen molar-refractivity contribution in [1.82, 2.24) is 5.32 Å². The average molecular weight is 433 g/mol. The summed E-state index contributed by atoms with van der Waals surface area (Å²) in [6, 6.07) is 13.1. The molecular weight excluding hydrogens is 404 g/mol. The lowest BCUT2D eigenvalue weighted by atomic mass is 10.0. The molecule has 0 fully saturated rings. The number of carbonyl (C=O) groups is 1. The highest BCUT2D eigenvalue weighted by atomic mass is 32.2. The van der Waals surface area contributed by atoms with Gasteiger partial charge in [0.05, 0.1) is 25.0 Å². The van der Waals surface area contributed by atoms with Gasteiger partial charge in [0.2, 0.25) is 10.0 Å². The number of fused-ring (bicyclic) bond motifs is 1. The van der Waals surface area contributed by atoms with Crippen molar-refractivity contribution < 1.29 is 22.7 Å². The quantitative estimate of drug-likeness (QED) is 0.680. The predicted octanol–water partition coefficient (Wildman–Crippen LogP) is 2.84. The lowest BCUT2D eigenvalue weighted by Gasteiger charge is -2.34. The van der Waals surface area contributed by atoms with E-state index in [2.05, 4.69) is 19.2 Å². The van der Waals surface area contributed by atoms with Crippen molar-refractivity contribution >= 4 is 21.6 Å². The molecule has 2 aromatic rings. The lowest BCUT2D eigenvalue weighted by molar-refractivity contribution is -0.127. The minimum absolute atomic E-state index is 0.0717. The van der Waals surface area contributed by atoms with Gasteiger partial charge in [0.25, 0.3) is 5.91 Å². The Morgan fingerprint density at radius 2 is 2.00 bits per heavy atom. The fraction of sp³-hybridized carbons (Fsp3) is 0.409. The molecule has 0 aliphatic carbocycles. The maximum atomic E-state index is 12.6. The summed E-state index contributed by atoms with van der Waals surface area (Å²) in [6.07, 6.45) is 0.189. The minimum atomic E-state index is -3.54. The minimum Gasteiger partial charge on any atom is -0.491 e. The standard InChI is InChI=1S/C22H28N2O5S/c1-15(2)17-7-5-6-8-19(17)28-12-11-23-22(25)21-14-24(30(4,26)27)18-10-9-16(3)13-20(18)29-21/h5-10,13,15,21H,11-12,14H2,1-4H3,(H,23,25). The zero-order valence-corrected chi connectivity index (χ0v) is 18.5. The first kappa shape index (κ1) is 22.0. The number of nitrogens with one attached hydrogen (secondary N) is 1. The average Bonchev–Trinajstić information content (AvgIpc) is 2.69. The SMILES string of the molecule is Cc1ccc2c(c1)OC(C(=O)NCCOc1ccccc1C(C)C)CN2S(C)(=O)=O. The second-order valence-electron chi connectivity index (χ2n) is 7.70. The number of para-hydroxylation sites is 1. The summed E-state index contributed by atoms with van der Waals surface area (Å²) in [4.78, 5) is 12.6. The van der Waals surface area contributed by atoms with Crippen molar-refractivity contribution in [1.29, 1.82) is 0 Å². The first-order valence-electron chi connectivity index (χ1n) is 9.91. The summed E-state index contributed by atoms with van der Waals surface area (Å²) in [6.45, 7) is 6.58. The number of hydrogen-bond donors (Lipinski definition) is 1. The van der Waals surface area contributed by atoms with Gasteiger partial charge in [0, 0.05) is 0 Å². The van der Waals surface area contributed by atoms with E-state index in [1.807, 2.05) is 37.3 Å². The van der Waals surface area contributed by atoms with Crippen molar-refractivity contribution in [2.24, 2.45) is 0 Å². The molecule has 0 aromatic heterocycles. The van der Waals surface area contributed by atoms with Crippen molar-refractivity contribution in [2.45, 2.75) is 32.8 Å². The van der Waals surface area contributed by atoms with E-state index in [0.29, 0.717) is 24.0 Å². The highest BCUT2D eigenvalue weighted by Crippen LogP contribution is 2.35. The topological polar surface area (TPSA) is 84.9 Å². The molecule has 1 heterocycles. The molecule has 1 N–H and O–H groups in total. The summed E-state index contributed by atoms with van der Waals surface area (Å²) in [7, 11) is -3.54. The van der Waals surface area contributed by atoms with E-state index in [4.69, 9.17) is 9.47 Å². The summed E-state index contributed by atoms with van der Waals surface area (Å²) >= 11 is 0. The molecule has 0 saturated heterocycles. The molecule has 3 rings (SSSR count). The molecule has 0 bridgehead atoms. The molecule has 2 aromatic carbocycles. The van der Waals surface area contributed by atoms with Crippen molar-refractivity contribution in [3.05, 3.63) is 53.6 Å². The van der Waals surface area contributed by atoms with E-state index in [-0.39, 0.29) is 19.0 Å². The Morgan fingerprint density at radius 3 is 2.70 bits per heavy atom. The fourth-order valence-electron chi connectivity index (χ4n) is 3.35. The monoisotopic (exact) mass is 432 g/mol. The van der Waals surface area contributed by atoms with Crippen LogP contribution in [0.15, 0.2) is 42.5 Å². The molecule has 1 aliphatic rings. The van der Waals surface area contributed by atoms with Crippen molar-refractivity contribution in [3.63, 3.8) is 0 Å². The smallest absolute Gasteiger partial charge is 0.263 e. The zero-order chi connectivity index (χ0) is 21.9. The van der Waals surface area contributed by atoms with Gasteiger partial charge in [0.1, 0.15) is 18.1 Å². The Hall–Kier alpha value is -2.74. The molecular formula is C22H28N2O5S. The number of hydrogen-bond acceptors (Lipinski definition) is 5. The van der Waals surface area contributed by atoms with Crippen LogP contribution in [0.3, 0.4) is 0 Å². The van der Waals surface area contributed by atoms with Crippen LogP contribution < -0.4 is 19.1 Å². The van der Waals surface area contributed by atoms with Gasteiger partial charge < -0.3 is 14.8 Å². The Balaban J connectivity index is 1.62. The van der Waals surface area contributed by atoms with E-state index >= 15 is 0 Å². The number of sulfonamides is 1. The summed E-state index contributed by atoms with van der Waals surface area (Å²) in [5.74, 6) is 1.13. The first-order chi connectivity index (χ1) is 14.2. The summed E-state index contributed by atoms with van der Waals surface area (Å²) in [5, 5.41) is 2.78. The zero-order valence-electron chi connectivity index (χ0n) is 17.7. The number of rotatable bonds is 7. The molecule has 8 heteroatoms. The third-order valence-electron chi connectivity index (χ3n) is 4.88. The van der Waals surface area contributed by atoms with E-state index in [9.17, 15) is 13.2 Å². The van der Waals surface area contributed by atoms with Crippen LogP contribution in [0.2, 0.25) is 0 Å². The fourth-order valence-corrected chi connectivity index (χ4v) is 4.26. The molecule has 7 nitrogen and oxygen atoms in total. The van der Waals surface area contributed by atoms with Crippen molar-refractivity contribution in [2.75, 3.05) is 30.3 Å². The summed E-state index contributed by atoms with van der Waals surface area (Å²) < 4.78 is 37.3. The van der Waals surface area contributed by atoms with Crippen LogP contribution in [-0.4, -0.2) is 46.4 Å². The van der Waals surface area contributed by atoms with E-state index < -0.39 is 16.1 Å². The Kier molecular flexibility index (Phi) is 6.55. The van der Waals surface area contributed by atoms with Crippen LogP contribution in [0.5, 0.6) is 11.5 Å². The highest BCUT2D eigenvalue weighted by Gasteiger charge is 2.34. The molecule has 1 unspecified atom stereocenters. The third kappa shape index (κ3) is 5.05.